The summed E-state index contributed by atoms with van der Waals surface area (Å²) in [5, 5.41) is 5.16. The minimum atomic E-state index is 0. The minimum Gasteiger partial charge on any atom is -0.495 e. The van der Waals surface area contributed by atoms with Crippen molar-refractivity contribution in [2.75, 3.05) is 27.2 Å². The molecule has 0 atom stereocenters. The normalized spacial score (nSPS) is 16.2. The lowest BCUT2D eigenvalue weighted by Gasteiger charge is -2.31. The Bertz CT molecular complexity index is 389. The molecule has 1 fully saturated rings. The van der Waals surface area contributed by atoms with E-state index in [1.54, 1.807) is 7.11 Å². The standard InChI is InChI=1S/C12H18N2O2S.ClH/c1-13-9-3-6-14(7-4-9)12(15)11-10(16-2)5-8-17-11;/h5,8-9,13H,3-4,6-7H2,1-2H3;1H. The van der Waals surface area contributed by atoms with E-state index in [1.807, 2.05) is 23.4 Å². The van der Waals surface area contributed by atoms with Gasteiger partial charge in [0, 0.05) is 19.1 Å². The van der Waals surface area contributed by atoms with Crippen molar-refractivity contribution in [1.29, 1.82) is 0 Å². The number of carbonyl (C=O) groups is 1. The summed E-state index contributed by atoms with van der Waals surface area (Å²) in [6, 6.07) is 2.39. The Morgan fingerprint density at radius 3 is 2.72 bits per heavy atom. The summed E-state index contributed by atoms with van der Waals surface area (Å²) in [6.45, 7) is 1.65. The van der Waals surface area contributed by atoms with E-state index >= 15 is 0 Å². The molecule has 1 N–H and O–H groups in total. The molecule has 0 radical (unpaired) electrons. The van der Waals surface area contributed by atoms with E-state index in [0.717, 1.165) is 30.8 Å². The first-order valence-corrected chi connectivity index (χ1v) is 6.72. The number of likely N-dealkylation sites (tertiary alicyclic amines) is 1. The number of piperidine rings is 1. The monoisotopic (exact) mass is 290 g/mol. The van der Waals surface area contributed by atoms with Crippen molar-refractivity contribution in [1.82, 2.24) is 10.2 Å². The van der Waals surface area contributed by atoms with Gasteiger partial charge in [0.1, 0.15) is 10.6 Å². The molecule has 1 aliphatic rings. The number of thiophene rings is 1. The Balaban J connectivity index is 0.00000162. The van der Waals surface area contributed by atoms with Crippen molar-refractivity contribution in [2.24, 2.45) is 0 Å². The number of nitrogens with zero attached hydrogens (tertiary/aromatic N) is 1. The molecular weight excluding hydrogens is 272 g/mol. The number of ether oxygens (including phenoxy) is 1. The van der Waals surface area contributed by atoms with Gasteiger partial charge in [0.2, 0.25) is 0 Å². The Kier molecular flexibility index (Phi) is 5.91. The van der Waals surface area contributed by atoms with Gasteiger partial charge in [-0.3, -0.25) is 4.79 Å². The number of methoxy groups -OCH3 is 1. The molecule has 1 saturated heterocycles. The van der Waals surface area contributed by atoms with Gasteiger partial charge in [0.15, 0.2) is 0 Å². The van der Waals surface area contributed by atoms with Gasteiger partial charge in [-0.25, -0.2) is 0 Å². The van der Waals surface area contributed by atoms with Gasteiger partial charge < -0.3 is 15.0 Å². The average molecular weight is 291 g/mol. The van der Waals surface area contributed by atoms with Crippen LogP contribution < -0.4 is 10.1 Å². The third-order valence-corrected chi connectivity index (χ3v) is 4.12. The molecule has 1 aromatic heterocycles. The quantitative estimate of drug-likeness (QED) is 0.926. The molecule has 6 heteroatoms. The summed E-state index contributed by atoms with van der Waals surface area (Å²) in [6.07, 6.45) is 2.05. The van der Waals surface area contributed by atoms with E-state index in [1.165, 1.54) is 11.3 Å². The van der Waals surface area contributed by atoms with Crippen molar-refractivity contribution in [2.45, 2.75) is 18.9 Å². The van der Waals surface area contributed by atoms with E-state index in [2.05, 4.69) is 5.32 Å². The maximum atomic E-state index is 12.3. The Hall–Kier alpha value is -0.780. The van der Waals surface area contributed by atoms with Gasteiger partial charge in [-0.15, -0.1) is 23.7 Å². The lowest BCUT2D eigenvalue weighted by Crippen LogP contribution is -2.43. The van der Waals surface area contributed by atoms with Crippen LogP contribution in [0.5, 0.6) is 5.75 Å². The highest BCUT2D eigenvalue weighted by atomic mass is 35.5. The zero-order valence-corrected chi connectivity index (χ0v) is 12.3. The van der Waals surface area contributed by atoms with E-state index in [9.17, 15) is 4.79 Å². The molecule has 0 bridgehead atoms. The molecule has 0 saturated carbocycles. The summed E-state index contributed by atoms with van der Waals surface area (Å²) in [5.41, 5.74) is 0. The number of amides is 1. The van der Waals surface area contributed by atoms with Crippen molar-refractivity contribution in [3.05, 3.63) is 16.3 Å². The molecule has 0 spiro atoms. The first-order valence-electron chi connectivity index (χ1n) is 5.84. The van der Waals surface area contributed by atoms with Crippen LogP contribution in [-0.2, 0) is 0 Å². The fourth-order valence-electron chi connectivity index (χ4n) is 2.13. The summed E-state index contributed by atoms with van der Waals surface area (Å²) < 4.78 is 5.19. The van der Waals surface area contributed by atoms with Gasteiger partial charge in [-0.2, -0.15) is 0 Å². The van der Waals surface area contributed by atoms with Gasteiger partial charge in [-0.1, -0.05) is 0 Å². The molecule has 1 aliphatic heterocycles. The van der Waals surface area contributed by atoms with Crippen molar-refractivity contribution >= 4 is 29.7 Å². The first-order chi connectivity index (χ1) is 8.26. The van der Waals surface area contributed by atoms with Gasteiger partial charge >= 0.3 is 0 Å². The smallest absolute Gasteiger partial charge is 0.267 e. The highest BCUT2D eigenvalue weighted by molar-refractivity contribution is 7.12. The average Bonchev–Trinajstić information content (AvgIpc) is 2.86. The number of carbonyl (C=O) groups excluding carboxylic acids is 1. The summed E-state index contributed by atoms with van der Waals surface area (Å²) in [4.78, 5) is 14.9. The summed E-state index contributed by atoms with van der Waals surface area (Å²) in [7, 11) is 3.58. The van der Waals surface area contributed by atoms with Gasteiger partial charge in [0.05, 0.1) is 7.11 Å². The zero-order chi connectivity index (χ0) is 12.3. The van der Waals surface area contributed by atoms with Crippen LogP contribution in [0.3, 0.4) is 0 Å². The molecule has 1 aromatic rings. The highest BCUT2D eigenvalue weighted by Gasteiger charge is 2.25. The molecule has 1 amide bonds. The van der Waals surface area contributed by atoms with Crippen LogP contribution in [0, 0.1) is 0 Å². The van der Waals surface area contributed by atoms with Crippen LogP contribution in [0.25, 0.3) is 0 Å². The number of hydrogen-bond acceptors (Lipinski definition) is 4. The van der Waals surface area contributed by atoms with Gasteiger partial charge in [0.25, 0.3) is 5.91 Å². The second kappa shape index (κ2) is 6.97. The predicted molar refractivity (Wildman–Crippen MR) is 76.1 cm³/mol. The second-order valence-electron chi connectivity index (χ2n) is 4.17. The van der Waals surface area contributed by atoms with Crippen LogP contribution in [-0.4, -0.2) is 44.1 Å². The largest absolute Gasteiger partial charge is 0.495 e. The Morgan fingerprint density at radius 2 is 2.17 bits per heavy atom. The lowest BCUT2D eigenvalue weighted by molar-refractivity contribution is 0.0709. The molecule has 2 heterocycles. The molecule has 0 aliphatic carbocycles. The van der Waals surface area contributed by atoms with E-state index in [-0.39, 0.29) is 18.3 Å². The SMILES string of the molecule is CNC1CCN(C(=O)c2sccc2OC)CC1.Cl. The maximum Gasteiger partial charge on any atom is 0.267 e. The van der Waals surface area contributed by atoms with Crippen LogP contribution in [0.1, 0.15) is 22.5 Å². The molecule has 0 unspecified atom stereocenters. The van der Waals surface area contributed by atoms with Crippen LogP contribution >= 0.6 is 23.7 Å². The molecule has 0 aromatic carbocycles. The highest BCUT2D eigenvalue weighted by Crippen LogP contribution is 2.27. The van der Waals surface area contributed by atoms with E-state index < -0.39 is 0 Å². The predicted octanol–water partition coefficient (Wildman–Crippen LogP) is 2.00. The number of rotatable bonds is 3. The third kappa shape index (κ3) is 3.16. The summed E-state index contributed by atoms with van der Waals surface area (Å²) >= 11 is 1.45. The van der Waals surface area contributed by atoms with Crippen LogP contribution in [0.4, 0.5) is 0 Å². The zero-order valence-electron chi connectivity index (χ0n) is 10.6. The number of halogens is 1. The first kappa shape index (κ1) is 15.3. The van der Waals surface area contributed by atoms with E-state index in [0.29, 0.717) is 11.8 Å². The fraction of sp³-hybridized carbons (Fsp3) is 0.583. The molecule has 18 heavy (non-hydrogen) atoms. The lowest BCUT2D eigenvalue weighted by atomic mass is 10.1. The topological polar surface area (TPSA) is 41.6 Å². The van der Waals surface area contributed by atoms with Crippen molar-refractivity contribution in [3.63, 3.8) is 0 Å². The molecule has 2 rings (SSSR count). The Morgan fingerprint density at radius 1 is 1.50 bits per heavy atom. The Labute approximate surface area is 118 Å². The fourth-order valence-corrected chi connectivity index (χ4v) is 2.95. The third-order valence-electron chi connectivity index (χ3n) is 3.23. The molecule has 4 nitrogen and oxygen atoms in total. The number of nitrogens with one attached hydrogen (secondary N) is 1. The molecular formula is C12H19ClN2O2S. The number of hydrogen-bond donors (Lipinski definition) is 1. The van der Waals surface area contributed by atoms with Crippen LogP contribution in [0.2, 0.25) is 0 Å². The van der Waals surface area contributed by atoms with Crippen molar-refractivity contribution in [3.8, 4) is 5.75 Å². The van der Waals surface area contributed by atoms with Crippen molar-refractivity contribution < 1.29 is 9.53 Å². The molecule has 102 valence electrons. The van der Waals surface area contributed by atoms with E-state index in [4.69, 9.17) is 4.74 Å². The minimum absolute atomic E-state index is 0. The van der Waals surface area contributed by atoms with Crippen LogP contribution in [0.15, 0.2) is 11.4 Å². The summed E-state index contributed by atoms with van der Waals surface area (Å²) in [5.74, 6) is 0.794. The van der Waals surface area contributed by atoms with Gasteiger partial charge in [-0.05, 0) is 31.3 Å². The maximum absolute atomic E-state index is 12.3. The second-order valence-corrected chi connectivity index (χ2v) is 5.09.